The highest BCUT2D eigenvalue weighted by atomic mass is 35.5. The third kappa shape index (κ3) is 5.18. The predicted octanol–water partition coefficient (Wildman–Crippen LogP) is 3.02. The number of nitrogens with zero attached hydrogens (tertiary/aromatic N) is 4. The minimum atomic E-state index is -3.39. The van der Waals surface area contributed by atoms with Crippen LogP contribution in [0, 0.1) is 11.3 Å². The fourth-order valence-electron chi connectivity index (χ4n) is 2.93. The number of H-pyrrole nitrogens is 1. The maximum absolute atomic E-state index is 14.4. The molecule has 0 aliphatic carbocycles. The van der Waals surface area contributed by atoms with Crippen molar-refractivity contribution >= 4 is 11.6 Å². The molecule has 0 bridgehead atoms. The molecule has 0 aliphatic heterocycles. The van der Waals surface area contributed by atoms with E-state index in [0.29, 0.717) is 16.1 Å². The molecule has 32 heavy (non-hydrogen) atoms. The molecule has 0 amide bonds. The highest BCUT2D eigenvalue weighted by Crippen LogP contribution is 2.34. The number of hydrogen-bond donors (Lipinski definition) is 1. The van der Waals surface area contributed by atoms with Gasteiger partial charge in [-0.25, -0.2) is 4.98 Å². The molecule has 0 radical (unpaired) electrons. The molecule has 2 heterocycles. The number of alkyl halides is 2. The van der Waals surface area contributed by atoms with Crippen molar-refractivity contribution in [1.29, 1.82) is 5.26 Å². The van der Waals surface area contributed by atoms with Crippen LogP contribution in [0.3, 0.4) is 0 Å². The Balaban J connectivity index is 1.92. The monoisotopic (exact) mass is 461 g/mol. The number of ether oxygens (including phenoxy) is 1. The Kier molecular flexibility index (Phi) is 7.00. The zero-order chi connectivity index (χ0) is 23.3. The molecule has 1 N–H and O–H groups in total. The Labute approximate surface area is 186 Å². The maximum Gasteiger partial charge on any atom is 0.296 e. The summed E-state index contributed by atoms with van der Waals surface area (Å²) >= 11 is 5.98. The molecule has 0 saturated heterocycles. The van der Waals surface area contributed by atoms with E-state index in [1.807, 2.05) is 6.07 Å². The number of aromatic nitrogens is 4. The van der Waals surface area contributed by atoms with E-state index in [1.54, 1.807) is 12.1 Å². The molecule has 11 heteroatoms. The molecule has 0 saturated carbocycles. The largest absolute Gasteiger partial charge is 0.486 e. The molecule has 0 aliphatic rings. The SMILES string of the molecule is CCC(F)(F)c1ncn(Cc2ncc[nH]c2=O)c(=O)c1OCCc1cc(Cl)cc(C#N)c1. The lowest BCUT2D eigenvalue weighted by Crippen LogP contribution is -2.30. The third-order valence-electron chi connectivity index (χ3n) is 4.61. The first-order chi connectivity index (χ1) is 15.2. The summed E-state index contributed by atoms with van der Waals surface area (Å²) in [6.45, 7) is 0.860. The second kappa shape index (κ2) is 9.70. The van der Waals surface area contributed by atoms with Crippen molar-refractivity contribution in [3.63, 3.8) is 0 Å². The van der Waals surface area contributed by atoms with Crippen LogP contribution in [-0.2, 0) is 18.9 Å². The molecule has 166 valence electrons. The van der Waals surface area contributed by atoms with E-state index < -0.39 is 34.9 Å². The number of nitriles is 1. The van der Waals surface area contributed by atoms with E-state index >= 15 is 0 Å². The summed E-state index contributed by atoms with van der Waals surface area (Å²) in [6.07, 6.45) is 3.24. The van der Waals surface area contributed by atoms with Crippen LogP contribution in [-0.4, -0.2) is 26.1 Å². The van der Waals surface area contributed by atoms with Crippen molar-refractivity contribution in [3.8, 4) is 11.8 Å². The molecule has 0 atom stereocenters. The Morgan fingerprint density at radius 1 is 1.28 bits per heavy atom. The second-order valence-corrected chi connectivity index (χ2v) is 7.27. The van der Waals surface area contributed by atoms with Gasteiger partial charge in [0.2, 0.25) is 5.75 Å². The first-order valence-corrected chi connectivity index (χ1v) is 9.95. The molecule has 3 rings (SSSR count). The summed E-state index contributed by atoms with van der Waals surface area (Å²) in [6, 6.07) is 6.67. The summed E-state index contributed by atoms with van der Waals surface area (Å²) in [5.74, 6) is -3.99. The fraction of sp³-hybridized carbons (Fsp3) is 0.286. The molecular weight excluding hydrogens is 444 g/mol. The molecule has 2 aromatic heterocycles. The zero-order valence-electron chi connectivity index (χ0n) is 16.9. The van der Waals surface area contributed by atoms with Crippen molar-refractivity contribution < 1.29 is 13.5 Å². The van der Waals surface area contributed by atoms with Crippen LogP contribution in [0.5, 0.6) is 5.75 Å². The van der Waals surface area contributed by atoms with Crippen LogP contribution in [0.2, 0.25) is 5.02 Å². The molecule has 0 fully saturated rings. The van der Waals surface area contributed by atoms with Crippen molar-refractivity contribution in [3.05, 3.63) is 85.2 Å². The Morgan fingerprint density at radius 2 is 2.06 bits per heavy atom. The molecule has 3 aromatic rings. The van der Waals surface area contributed by atoms with E-state index in [9.17, 15) is 18.4 Å². The van der Waals surface area contributed by atoms with E-state index in [1.165, 1.54) is 25.4 Å². The minimum Gasteiger partial charge on any atom is -0.486 e. The number of rotatable bonds is 8. The minimum absolute atomic E-state index is 0.0142. The van der Waals surface area contributed by atoms with Gasteiger partial charge >= 0.3 is 0 Å². The average molecular weight is 462 g/mol. The van der Waals surface area contributed by atoms with Gasteiger partial charge in [-0.1, -0.05) is 18.5 Å². The van der Waals surface area contributed by atoms with Gasteiger partial charge in [0, 0.05) is 30.3 Å². The number of hydrogen-bond acceptors (Lipinski definition) is 6. The van der Waals surface area contributed by atoms with E-state index in [2.05, 4.69) is 15.0 Å². The van der Waals surface area contributed by atoms with Gasteiger partial charge in [-0.05, 0) is 23.8 Å². The number of nitrogens with one attached hydrogen (secondary N) is 1. The lowest BCUT2D eigenvalue weighted by Gasteiger charge is -2.18. The number of benzene rings is 1. The molecule has 0 spiro atoms. The zero-order valence-corrected chi connectivity index (χ0v) is 17.7. The van der Waals surface area contributed by atoms with Crippen molar-refractivity contribution in [1.82, 2.24) is 19.5 Å². The summed E-state index contributed by atoms with van der Waals surface area (Å²) < 4.78 is 35.3. The Bertz CT molecular complexity index is 1280. The number of halogens is 3. The third-order valence-corrected chi connectivity index (χ3v) is 4.83. The molecule has 8 nitrogen and oxygen atoms in total. The van der Waals surface area contributed by atoms with Crippen LogP contribution in [0.4, 0.5) is 8.78 Å². The van der Waals surface area contributed by atoms with E-state index in [-0.39, 0.29) is 25.3 Å². The Hall–Kier alpha value is -3.58. The standard InChI is InChI=1S/C21H18ClF2N5O3/c1-2-21(23,24)18-17(32-6-3-13-7-14(10-25)9-15(22)8-13)20(31)29(12-28-18)11-16-19(30)27-5-4-26-16/h4-5,7-9,12H,2-3,6,11H2,1H3,(H,27,30). The summed E-state index contributed by atoms with van der Waals surface area (Å²) in [5.41, 5.74) is -1.16. The topological polar surface area (TPSA) is 114 Å². The quantitative estimate of drug-likeness (QED) is 0.551. The van der Waals surface area contributed by atoms with Crippen LogP contribution >= 0.6 is 11.6 Å². The second-order valence-electron chi connectivity index (χ2n) is 6.84. The van der Waals surface area contributed by atoms with Crippen LogP contribution in [0.15, 0.2) is 46.5 Å². The van der Waals surface area contributed by atoms with Crippen molar-refractivity contribution in [2.24, 2.45) is 0 Å². The van der Waals surface area contributed by atoms with Gasteiger partial charge in [-0.15, -0.1) is 0 Å². The maximum atomic E-state index is 14.4. The van der Waals surface area contributed by atoms with Gasteiger partial charge in [0.05, 0.1) is 31.1 Å². The molecular formula is C21H18ClF2N5O3. The molecule has 1 aromatic carbocycles. The highest BCUT2D eigenvalue weighted by Gasteiger charge is 2.36. The lowest BCUT2D eigenvalue weighted by molar-refractivity contribution is -0.0161. The van der Waals surface area contributed by atoms with E-state index in [4.69, 9.17) is 21.6 Å². The van der Waals surface area contributed by atoms with Crippen LogP contribution in [0.1, 0.15) is 35.9 Å². The normalized spacial score (nSPS) is 11.2. The van der Waals surface area contributed by atoms with E-state index in [0.717, 1.165) is 10.9 Å². The van der Waals surface area contributed by atoms with Crippen molar-refractivity contribution in [2.75, 3.05) is 6.61 Å². The van der Waals surface area contributed by atoms with Crippen LogP contribution < -0.4 is 15.9 Å². The summed E-state index contributed by atoms with van der Waals surface area (Å²) in [7, 11) is 0. The first kappa shape index (κ1) is 23.1. The van der Waals surface area contributed by atoms with Gasteiger partial charge in [0.25, 0.3) is 17.0 Å². The molecule has 0 unspecified atom stereocenters. The van der Waals surface area contributed by atoms with Gasteiger partial charge in [0.15, 0.2) is 5.69 Å². The smallest absolute Gasteiger partial charge is 0.296 e. The lowest BCUT2D eigenvalue weighted by atomic mass is 10.1. The predicted molar refractivity (Wildman–Crippen MR) is 112 cm³/mol. The van der Waals surface area contributed by atoms with Crippen LogP contribution in [0.25, 0.3) is 0 Å². The highest BCUT2D eigenvalue weighted by molar-refractivity contribution is 6.30. The van der Waals surface area contributed by atoms with Gasteiger partial charge in [0.1, 0.15) is 5.69 Å². The summed E-state index contributed by atoms with van der Waals surface area (Å²) in [4.78, 5) is 34.9. The van der Waals surface area contributed by atoms with Gasteiger partial charge in [-0.2, -0.15) is 14.0 Å². The fourth-order valence-corrected chi connectivity index (χ4v) is 3.18. The van der Waals surface area contributed by atoms with Crippen molar-refractivity contribution in [2.45, 2.75) is 32.2 Å². The van der Waals surface area contributed by atoms with Gasteiger partial charge < -0.3 is 9.72 Å². The summed E-state index contributed by atoms with van der Waals surface area (Å²) in [5, 5.41) is 9.39. The Morgan fingerprint density at radius 3 is 2.75 bits per heavy atom. The first-order valence-electron chi connectivity index (χ1n) is 9.58. The number of aromatic amines is 1. The van der Waals surface area contributed by atoms with Gasteiger partial charge in [-0.3, -0.25) is 19.1 Å². The average Bonchev–Trinajstić information content (AvgIpc) is 2.77.